The lowest BCUT2D eigenvalue weighted by molar-refractivity contribution is 0.101. The van der Waals surface area contributed by atoms with Crippen LogP contribution in [0.2, 0.25) is 0 Å². The topological polar surface area (TPSA) is 47.2 Å². The Morgan fingerprint density at radius 3 is 2.54 bits per heavy atom. The molecule has 3 aromatic carbocycles. The van der Waals surface area contributed by atoms with E-state index in [2.05, 4.69) is 33.2 Å². The summed E-state index contributed by atoms with van der Waals surface area (Å²) >= 11 is 4.74. The summed E-state index contributed by atoms with van der Waals surface area (Å²) in [6.45, 7) is 1.52. The van der Waals surface area contributed by atoms with Crippen LogP contribution in [0.5, 0.6) is 0 Å². The number of carbonyl (C=O) groups is 1. The minimum Gasteiger partial charge on any atom is -0.292 e. The average molecular weight is 424 g/mol. The zero-order valence-electron chi connectivity index (χ0n) is 13.9. The van der Waals surface area contributed by atoms with Crippen molar-refractivity contribution in [2.75, 3.05) is 0 Å². The molecule has 4 aromatic rings. The molecule has 0 saturated heterocycles. The van der Waals surface area contributed by atoms with Crippen LogP contribution in [0.4, 0.5) is 5.69 Å². The molecule has 0 aliphatic carbocycles. The molecule has 26 heavy (non-hydrogen) atoms. The van der Waals surface area contributed by atoms with E-state index in [1.807, 2.05) is 54.6 Å². The number of carbonyl (C=O) groups excluding carboxylic acids is 1. The fourth-order valence-corrected chi connectivity index (χ4v) is 3.74. The molecule has 1 aromatic heterocycles. The maximum atomic E-state index is 11.8. The van der Waals surface area contributed by atoms with Crippen molar-refractivity contribution in [1.82, 2.24) is 9.78 Å². The summed E-state index contributed by atoms with van der Waals surface area (Å²) in [6.07, 6.45) is 0. The molecule has 0 spiro atoms. The lowest BCUT2D eigenvalue weighted by Gasteiger charge is -2.03. The Morgan fingerprint density at radius 1 is 1.04 bits per heavy atom. The number of hydrogen-bond acceptors (Lipinski definition) is 4. The molecule has 0 aliphatic heterocycles. The Morgan fingerprint density at radius 2 is 1.77 bits per heavy atom. The lowest BCUT2D eigenvalue weighted by atomic mass is 10.1. The van der Waals surface area contributed by atoms with Gasteiger partial charge in [0.2, 0.25) is 4.80 Å². The maximum absolute atomic E-state index is 11.8. The van der Waals surface area contributed by atoms with Gasteiger partial charge in [0, 0.05) is 16.8 Å². The highest BCUT2D eigenvalue weighted by atomic mass is 79.9. The maximum Gasteiger partial charge on any atom is 0.213 e. The molecule has 0 radical (unpaired) electrons. The van der Waals surface area contributed by atoms with Gasteiger partial charge < -0.3 is 0 Å². The molecule has 4 nitrogen and oxygen atoms in total. The van der Waals surface area contributed by atoms with E-state index in [1.54, 1.807) is 4.68 Å². The molecule has 0 aliphatic rings. The molecule has 4 rings (SSSR count). The molecule has 0 saturated carbocycles. The first-order chi connectivity index (χ1) is 12.6. The van der Waals surface area contributed by atoms with Gasteiger partial charge in [-0.2, -0.15) is 5.10 Å². The zero-order valence-corrected chi connectivity index (χ0v) is 16.3. The minimum atomic E-state index is -0.0692. The van der Waals surface area contributed by atoms with E-state index in [0.29, 0.717) is 9.81 Å². The van der Waals surface area contributed by atoms with Crippen LogP contribution in [0, 0.1) is 0 Å². The molecule has 0 fully saturated rings. The van der Waals surface area contributed by atoms with Gasteiger partial charge >= 0.3 is 0 Å². The molecular formula is C20H14BrN3OS. The second-order valence-corrected chi connectivity index (χ2v) is 7.62. The first kappa shape index (κ1) is 16.9. The second kappa shape index (κ2) is 6.97. The fourth-order valence-electron chi connectivity index (χ4n) is 2.66. The molecule has 0 unspecified atom stereocenters. The van der Waals surface area contributed by atoms with E-state index in [9.17, 15) is 4.79 Å². The third-order valence-electron chi connectivity index (χ3n) is 3.92. The van der Waals surface area contributed by atoms with Crippen molar-refractivity contribution in [2.45, 2.75) is 6.92 Å². The summed E-state index contributed by atoms with van der Waals surface area (Å²) in [6, 6.07) is 21.9. The molecule has 0 N–H and O–H groups in total. The van der Waals surface area contributed by atoms with Gasteiger partial charge in [-0.25, -0.2) is 9.67 Å². The van der Waals surface area contributed by atoms with Crippen LogP contribution in [-0.2, 0) is 0 Å². The van der Waals surface area contributed by atoms with Crippen molar-refractivity contribution in [2.24, 2.45) is 4.99 Å². The van der Waals surface area contributed by atoms with Gasteiger partial charge in [0.05, 0.1) is 11.4 Å². The van der Waals surface area contributed by atoms with Crippen molar-refractivity contribution >= 4 is 49.5 Å². The Balaban J connectivity index is 1.96. The highest BCUT2D eigenvalue weighted by Gasteiger charge is 2.11. The molecule has 0 atom stereocenters. The van der Waals surface area contributed by atoms with E-state index in [0.717, 1.165) is 26.6 Å². The quantitative estimate of drug-likeness (QED) is 0.420. The number of fused-ring (bicyclic) bond motifs is 1. The van der Waals surface area contributed by atoms with Gasteiger partial charge in [0.25, 0.3) is 0 Å². The minimum absolute atomic E-state index is 0.0692. The van der Waals surface area contributed by atoms with Gasteiger partial charge in [0.1, 0.15) is 0 Å². The number of halogens is 1. The van der Waals surface area contributed by atoms with Crippen LogP contribution < -0.4 is 4.80 Å². The lowest BCUT2D eigenvalue weighted by Crippen LogP contribution is -2.14. The summed E-state index contributed by atoms with van der Waals surface area (Å²) in [5, 5.41) is 7.09. The first-order valence-electron chi connectivity index (χ1n) is 8.01. The van der Waals surface area contributed by atoms with Crippen molar-refractivity contribution < 1.29 is 4.79 Å². The molecule has 0 amide bonds. The predicted octanol–water partition coefficient (Wildman–Crippen LogP) is 5.28. The fraction of sp³-hybridized carbons (Fsp3) is 0.0500. The van der Waals surface area contributed by atoms with E-state index in [4.69, 9.17) is 4.99 Å². The first-order valence-corrected chi connectivity index (χ1v) is 9.62. The number of Topliss-reactive ketones (excluding diaryl/α,β-unsaturated/α-hetero) is 1. The second-order valence-electron chi connectivity index (χ2n) is 5.74. The van der Waals surface area contributed by atoms with Gasteiger partial charge in [-0.05, 0) is 35.7 Å². The van der Waals surface area contributed by atoms with E-state index >= 15 is 0 Å². The summed E-state index contributed by atoms with van der Waals surface area (Å²) in [4.78, 5) is 17.3. The summed E-state index contributed by atoms with van der Waals surface area (Å²) < 4.78 is 2.70. The molecule has 128 valence electrons. The standard InChI is InChI=1S/C20H14BrN3OS/c1-13(25)19-23-24(16-11-9-15(21)10-12-16)20(26-19)22-18-8-4-6-14-5-2-3-7-17(14)18/h2-12H,1H3. The van der Waals surface area contributed by atoms with Crippen molar-refractivity contribution in [1.29, 1.82) is 0 Å². The largest absolute Gasteiger partial charge is 0.292 e. The molecular weight excluding hydrogens is 410 g/mol. The number of aromatic nitrogens is 2. The van der Waals surface area contributed by atoms with Gasteiger partial charge in [-0.15, -0.1) is 0 Å². The number of hydrogen-bond donors (Lipinski definition) is 0. The Bertz CT molecular complexity index is 1170. The smallest absolute Gasteiger partial charge is 0.213 e. The third kappa shape index (κ3) is 3.25. The predicted molar refractivity (Wildman–Crippen MR) is 108 cm³/mol. The summed E-state index contributed by atoms with van der Waals surface area (Å²) in [5.41, 5.74) is 1.71. The van der Waals surface area contributed by atoms with Crippen LogP contribution in [0.3, 0.4) is 0 Å². The van der Waals surface area contributed by atoms with E-state index < -0.39 is 0 Å². The van der Waals surface area contributed by atoms with Crippen molar-refractivity contribution in [3.63, 3.8) is 0 Å². The number of rotatable bonds is 3. The van der Waals surface area contributed by atoms with Crippen LogP contribution in [-0.4, -0.2) is 15.6 Å². The number of benzene rings is 3. The van der Waals surface area contributed by atoms with E-state index in [-0.39, 0.29) is 5.78 Å². The molecule has 0 bridgehead atoms. The monoisotopic (exact) mass is 423 g/mol. The van der Waals surface area contributed by atoms with Crippen LogP contribution in [0.25, 0.3) is 16.5 Å². The number of nitrogens with zero attached hydrogens (tertiary/aromatic N) is 3. The molecule has 6 heteroatoms. The van der Waals surface area contributed by atoms with E-state index in [1.165, 1.54) is 18.3 Å². The van der Waals surface area contributed by atoms with Crippen LogP contribution >= 0.6 is 27.3 Å². The Labute approximate surface area is 162 Å². The normalized spacial score (nSPS) is 11.8. The zero-order chi connectivity index (χ0) is 18.1. The van der Waals surface area contributed by atoms with Gasteiger partial charge in [-0.3, -0.25) is 4.79 Å². The van der Waals surface area contributed by atoms with Gasteiger partial charge in [-0.1, -0.05) is 63.7 Å². The van der Waals surface area contributed by atoms with Crippen molar-refractivity contribution in [3.8, 4) is 5.69 Å². The summed E-state index contributed by atoms with van der Waals surface area (Å²) in [5.74, 6) is -0.0692. The third-order valence-corrected chi connectivity index (χ3v) is 5.45. The van der Waals surface area contributed by atoms with Crippen LogP contribution in [0.15, 0.2) is 76.2 Å². The van der Waals surface area contributed by atoms with Crippen LogP contribution in [0.1, 0.15) is 16.7 Å². The summed E-state index contributed by atoms with van der Waals surface area (Å²) in [7, 11) is 0. The highest BCUT2D eigenvalue weighted by Crippen LogP contribution is 2.25. The number of ketones is 1. The SMILES string of the molecule is CC(=O)c1nn(-c2ccc(Br)cc2)c(=Nc2cccc3ccccc23)s1. The Hall–Kier alpha value is -2.57. The Kier molecular flexibility index (Phi) is 4.53. The van der Waals surface area contributed by atoms with Gasteiger partial charge in [0.15, 0.2) is 10.8 Å². The molecule has 1 heterocycles. The highest BCUT2D eigenvalue weighted by molar-refractivity contribution is 9.10. The van der Waals surface area contributed by atoms with Crippen molar-refractivity contribution in [3.05, 3.63) is 81.0 Å². The average Bonchev–Trinajstić information content (AvgIpc) is 3.07.